The van der Waals surface area contributed by atoms with Crippen molar-refractivity contribution in [3.63, 3.8) is 0 Å². The van der Waals surface area contributed by atoms with Crippen LogP contribution in [0.1, 0.15) is 6.92 Å². The molecule has 11 heavy (non-hydrogen) atoms. The second-order valence-electron chi connectivity index (χ2n) is 1.79. The number of hydrogen-bond donors (Lipinski definition) is 2. The first-order chi connectivity index (χ1) is 4.48. The van der Waals surface area contributed by atoms with Gasteiger partial charge in [0, 0.05) is 0 Å². The monoisotopic (exact) mass is 192 g/mol. The zero-order valence-corrected chi connectivity index (χ0v) is 6.60. The Balaban J connectivity index is 0. The standard InChI is InChI=1S/C4H12N2O3S.Na.H/c1-2-9-10(7,8)3-4(5)6;;/h4H,2-3,5-6H2,1H3;;. The zero-order chi connectivity index (χ0) is 8.20. The Morgan fingerprint density at radius 1 is 1.45 bits per heavy atom. The minimum atomic E-state index is -3.48. The van der Waals surface area contributed by atoms with Crippen LogP contribution in [0.4, 0.5) is 0 Å². The van der Waals surface area contributed by atoms with Crippen molar-refractivity contribution >= 4 is 39.7 Å². The molecule has 0 atom stereocenters. The van der Waals surface area contributed by atoms with E-state index >= 15 is 0 Å². The van der Waals surface area contributed by atoms with Gasteiger partial charge in [-0.15, -0.1) is 0 Å². The molecule has 0 rings (SSSR count). The van der Waals surface area contributed by atoms with E-state index in [9.17, 15) is 8.42 Å². The second-order valence-corrected chi connectivity index (χ2v) is 3.48. The fourth-order valence-electron chi connectivity index (χ4n) is 0.463. The average Bonchev–Trinajstić information content (AvgIpc) is 1.59. The predicted octanol–water partition coefficient (Wildman–Crippen LogP) is -2.05. The first-order valence-corrected chi connectivity index (χ1v) is 4.44. The second kappa shape index (κ2) is 6.36. The fourth-order valence-corrected chi connectivity index (χ4v) is 1.39. The summed E-state index contributed by atoms with van der Waals surface area (Å²) in [5.41, 5.74) is 10.1. The Hall–Kier alpha value is 0.830. The fraction of sp³-hybridized carbons (Fsp3) is 1.00. The molecule has 0 aliphatic carbocycles. The summed E-state index contributed by atoms with van der Waals surface area (Å²) >= 11 is 0. The summed E-state index contributed by atoms with van der Waals surface area (Å²) in [7, 11) is -3.48. The van der Waals surface area contributed by atoms with Crippen LogP contribution in [0.15, 0.2) is 0 Å². The van der Waals surface area contributed by atoms with Gasteiger partial charge in [-0.2, -0.15) is 8.42 Å². The van der Waals surface area contributed by atoms with Gasteiger partial charge in [0.25, 0.3) is 10.1 Å². The molecule has 0 radical (unpaired) electrons. The Labute approximate surface area is 88.9 Å². The summed E-state index contributed by atoms with van der Waals surface area (Å²) in [6.45, 7) is 1.70. The van der Waals surface area contributed by atoms with E-state index in [0.29, 0.717) is 0 Å². The SMILES string of the molecule is CCOS(=O)(=O)CC(N)N.[NaH]. The molecule has 0 heterocycles. The molecule has 0 aromatic rings. The first-order valence-electron chi connectivity index (χ1n) is 2.86. The molecular formula is C4H13N2NaO3S. The molecule has 5 nitrogen and oxygen atoms in total. The van der Waals surface area contributed by atoms with Gasteiger partial charge in [0.2, 0.25) is 0 Å². The third kappa shape index (κ3) is 8.74. The molecule has 0 saturated carbocycles. The molecule has 0 aliphatic heterocycles. The van der Waals surface area contributed by atoms with Crippen LogP contribution in [0.25, 0.3) is 0 Å². The van der Waals surface area contributed by atoms with E-state index in [2.05, 4.69) is 4.18 Å². The molecule has 0 amide bonds. The summed E-state index contributed by atoms with van der Waals surface area (Å²) in [5, 5.41) is 0. The molecule has 0 saturated heterocycles. The minimum absolute atomic E-state index is 0. The van der Waals surface area contributed by atoms with Gasteiger partial charge < -0.3 is 11.5 Å². The third-order valence-electron chi connectivity index (χ3n) is 0.694. The van der Waals surface area contributed by atoms with Crippen molar-refractivity contribution in [2.24, 2.45) is 11.5 Å². The number of rotatable bonds is 4. The topological polar surface area (TPSA) is 95.4 Å². The summed E-state index contributed by atoms with van der Waals surface area (Å²) in [6.07, 6.45) is -0.864. The van der Waals surface area contributed by atoms with E-state index in [-0.39, 0.29) is 41.9 Å². The van der Waals surface area contributed by atoms with Crippen molar-refractivity contribution in [3.05, 3.63) is 0 Å². The van der Waals surface area contributed by atoms with Crippen molar-refractivity contribution in [2.75, 3.05) is 12.4 Å². The van der Waals surface area contributed by atoms with Crippen molar-refractivity contribution < 1.29 is 12.6 Å². The van der Waals surface area contributed by atoms with Crippen LogP contribution in [-0.4, -0.2) is 56.5 Å². The van der Waals surface area contributed by atoms with Gasteiger partial charge in [-0.25, -0.2) is 0 Å². The molecule has 7 heteroatoms. The molecule has 0 fully saturated rings. The van der Waals surface area contributed by atoms with Crippen LogP contribution < -0.4 is 11.5 Å². The van der Waals surface area contributed by atoms with Gasteiger partial charge in [-0.3, -0.25) is 4.18 Å². The molecule has 0 spiro atoms. The van der Waals surface area contributed by atoms with Gasteiger partial charge in [0.15, 0.2) is 0 Å². The Morgan fingerprint density at radius 3 is 2.18 bits per heavy atom. The Morgan fingerprint density at radius 2 is 1.91 bits per heavy atom. The Bertz CT molecular complexity index is 180. The molecule has 0 aromatic carbocycles. The Kier molecular flexibility index (Phi) is 8.30. The van der Waals surface area contributed by atoms with Crippen LogP contribution in [0.5, 0.6) is 0 Å². The summed E-state index contributed by atoms with van der Waals surface area (Å²) in [4.78, 5) is 0. The van der Waals surface area contributed by atoms with Crippen LogP contribution in [0, 0.1) is 0 Å². The third-order valence-corrected chi connectivity index (χ3v) is 2.08. The maximum atomic E-state index is 10.7. The number of hydrogen-bond acceptors (Lipinski definition) is 5. The molecule has 0 unspecified atom stereocenters. The van der Waals surface area contributed by atoms with Gasteiger partial charge in [-0.1, -0.05) is 0 Å². The molecule has 4 N–H and O–H groups in total. The van der Waals surface area contributed by atoms with E-state index in [1.54, 1.807) is 6.92 Å². The first kappa shape index (κ1) is 14.4. The average molecular weight is 192 g/mol. The van der Waals surface area contributed by atoms with Gasteiger partial charge in [0.05, 0.1) is 12.8 Å². The van der Waals surface area contributed by atoms with E-state index < -0.39 is 16.3 Å². The van der Waals surface area contributed by atoms with Gasteiger partial charge >= 0.3 is 29.6 Å². The summed E-state index contributed by atoms with van der Waals surface area (Å²) < 4.78 is 25.7. The molecule has 0 aliphatic rings. The van der Waals surface area contributed by atoms with Crippen LogP contribution in [0.2, 0.25) is 0 Å². The van der Waals surface area contributed by atoms with E-state index in [1.807, 2.05) is 0 Å². The molecule has 0 aromatic heterocycles. The predicted molar refractivity (Wildman–Crippen MR) is 44.7 cm³/mol. The summed E-state index contributed by atoms with van der Waals surface area (Å²) in [5.74, 6) is -0.332. The zero-order valence-electron chi connectivity index (χ0n) is 5.78. The van der Waals surface area contributed by atoms with E-state index in [4.69, 9.17) is 11.5 Å². The van der Waals surface area contributed by atoms with Crippen LogP contribution in [0.3, 0.4) is 0 Å². The van der Waals surface area contributed by atoms with Crippen LogP contribution >= 0.6 is 0 Å². The van der Waals surface area contributed by atoms with E-state index in [1.165, 1.54) is 0 Å². The van der Waals surface area contributed by atoms with Crippen molar-refractivity contribution in [3.8, 4) is 0 Å². The normalized spacial score (nSPS) is 11.3. The van der Waals surface area contributed by atoms with Crippen molar-refractivity contribution in [2.45, 2.75) is 13.1 Å². The number of nitrogens with two attached hydrogens (primary N) is 2. The molecular weight excluding hydrogens is 179 g/mol. The summed E-state index contributed by atoms with van der Waals surface area (Å²) in [6, 6.07) is 0. The van der Waals surface area contributed by atoms with Crippen LogP contribution in [-0.2, 0) is 14.3 Å². The molecule has 64 valence electrons. The quantitative estimate of drug-likeness (QED) is 0.303. The van der Waals surface area contributed by atoms with Gasteiger partial charge in [-0.05, 0) is 6.92 Å². The van der Waals surface area contributed by atoms with Crippen molar-refractivity contribution in [1.82, 2.24) is 0 Å². The molecule has 0 bridgehead atoms. The maximum absolute atomic E-state index is 10.7. The van der Waals surface area contributed by atoms with Gasteiger partial charge in [0.1, 0.15) is 5.75 Å². The van der Waals surface area contributed by atoms with Crippen molar-refractivity contribution in [1.29, 1.82) is 0 Å². The van der Waals surface area contributed by atoms with E-state index in [0.717, 1.165) is 0 Å².